The monoisotopic (exact) mass is 381 g/mol. The van der Waals surface area contributed by atoms with Gasteiger partial charge < -0.3 is 14.0 Å². The highest BCUT2D eigenvalue weighted by atomic mass is 16.7. The number of benzene rings is 1. The van der Waals surface area contributed by atoms with E-state index in [4.69, 9.17) is 9.47 Å². The molecule has 0 radical (unpaired) electrons. The van der Waals surface area contributed by atoms with Gasteiger partial charge in [-0.3, -0.25) is 14.9 Å². The van der Waals surface area contributed by atoms with Crippen molar-refractivity contribution >= 4 is 29.6 Å². The number of ether oxygens (including phenoxy) is 2. The molecule has 8 nitrogen and oxygen atoms in total. The van der Waals surface area contributed by atoms with Gasteiger partial charge in [-0.25, -0.2) is 9.69 Å². The quantitative estimate of drug-likeness (QED) is 0.652. The van der Waals surface area contributed by atoms with Gasteiger partial charge in [0.1, 0.15) is 5.57 Å². The number of aryl methyl sites for hydroxylation is 1. The SMILES string of the molecule is CCn1c(C)cc(/C=C2\C(=O)NC(=O)N(c3ccc4c(c3)OCO4)C2=O)c1C. The smallest absolute Gasteiger partial charge is 0.335 e. The number of carbonyl (C=O) groups excluding carboxylic acids is 3. The van der Waals surface area contributed by atoms with Crippen LogP contribution < -0.4 is 19.7 Å². The topological polar surface area (TPSA) is 89.9 Å². The van der Waals surface area contributed by atoms with Crippen LogP contribution in [0.5, 0.6) is 11.5 Å². The van der Waals surface area contributed by atoms with Crippen molar-refractivity contribution in [2.24, 2.45) is 0 Å². The Hall–Kier alpha value is -3.55. The number of hydrogen-bond donors (Lipinski definition) is 1. The Kier molecular flexibility index (Phi) is 4.18. The van der Waals surface area contributed by atoms with Crippen molar-refractivity contribution in [3.05, 3.63) is 46.8 Å². The summed E-state index contributed by atoms with van der Waals surface area (Å²) >= 11 is 0. The fourth-order valence-corrected chi connectivity index (χ4v) is 3.53. The van der Waals surface area contributed by atoms with E-state index in [0.717, 1.165) is 28.4 Å². The van der Waals surface area contributed by atoms with Gasteiger partial charge >= 0.3 is 6.03 Å². The molecule has 3 heterocycles. The second-order valence-electron chi connectivity index (χ2n) is 6.57. The third kappa shape index (κ3) is 2.74. The summed E-state index contributed by atoms with van der Waals surface area (Å²) in [7, 11) is 0. The van der Waals surface area contributed by atoms with Gasteiger partial charge in [-0.1, -0.05) is 0 Å². The van der Waals surface area contributed by atoms with Crippen LogP contribution in [0.25, 0.3) is 6.08 Å². The van der Waals surface area contributed by atoms with Gasteiger partial charge in [0.05, 0.1) is 5.69 Å². The van der Waals surface area contributed by atoms with Crippen molar-refractivity contribution in [2.75, 3.05) is 11.7 Å². The van der Waals surface area contributed by atoms with Crippen LogP contribution in [0, 0.1) is 13.8 Å². The molecule has 0 saturated carbocycles. The van der Waals surface area contributed by atoms with Gasteiger partial charge in [-0.05, 0) is 50.6 Å². The number of rotatable bonds is 3. The zero-order valence-electron chi connectivity index (χ0n) is 15.7. The highest BCUT2D eigenvalue weighted by Crippen LogP contribution is 2.36. The average molecular weight is 381 g/mol. The number of hydrogen-bond acceptors (Lipinski definition) is 5. The van der Waals surface area contributed by atoms with Gasteiger partial charge in [0.15, 0.2) is 11.5 Å². The van der Waals surface area contributed by atoms with Crippen LogP contribution >= 0.6 is 0 Å². The van der Waals surface area contributed by atoms with E-state index in [2.05, 4.69) is 9.88 Å². The molecule has 1 saturated heterocycles. The molecule has 1 aromatic carbocycles. The first-order valence-electron chi connectivity index (χ1n) is 8.88. The summed E-state index contributed by atoms with van der Waals surface area (Å²) in [4.78, 5) is 38.7. The summed E-state index contributed by atoms with van der Waals surface area (Å²) in [5, 5.41) is 2.23. The Morgan fingerprint density at radius 1 is 1.11 bits per heavy atom. The largest absolute Gasteiger partial charge is 0.454 e. The molecular formula is C20H19N3O5. The highest BCUT2D eigenvalue weighted by Gasteiger charge is 2.37. The molecular weight excluding hydrogens is 362 g/mol. The molecule has 0 atom stereocenters. The Morgan fingerprint density at radius 2 is 1.86 bits per heavy atom. The van der Waals surface area contributed by atoms with E-state index in [1.807, 2.05) is 26.8 Å². The van der Waals surface area contributed by atoms with Crippen LogP contribution in [0.15, 0.2) is 29.8 Å². The van der Waals surface area contributed by atoms with Crippen molar-refractivity contribution in [1.82, 2.24) is 9.88 Å². The van der Waals surface area contributed by atoms with Crippen molar-refractivity contribution in [2.45, 2.75) is 27.3 Å². The number of barbiturate groups is 1. The average Bonchev–Trinajstić information content (AvgIpc) is 3.22. The molecule has 0 unspecified atom stereocenters. The number of nitrogens with zero attached hydrogens (tertiary/aromatic N) is 2. The van der Waals surface area contributed by atoms with Crippen molar-refractivity contribution < 1.29 is 23.9 Å². The number of fused-ring (bicyclic) bond motifs is 1. The number of amides is 4. The summed E-state index contributed by atoms with van der Waals surface area (Å²) in [5.41, 5.74) is 2.93. The minimum atomic E-state index is -0.801. The predicted molar refractivity (Wildman–Crippen MR) is 101 cm³/mol. The van der Waals surface area contributed by atoms with Gasteiger partial charge in [0.25, 0.3) is 11.8 Å². The lowest BCUT2D eigenvalue weighted by molar-refractivity contribution is -0.122. The molecule has 0 aliphatic carbocycles. The molecule has 0 spiro atoms. The molecule has 1 N–H and O–H groups in total. The maximum atomic E-state index is 13.0. The summed E-state index contributed by atoms with van der Waals surface area (Å²) in [6.45, 7) is 6.77. The molecule has 2 aromatic rings. The van der Waals surface area contributed by atoms with E-state index < -0.39 is 17.8 Å². The van der Waals surface area contributed by atoms with E-state index in [1.165, 1.54) is 12.1 Å². The van der Waals surface area contributed by atoms with Gasteiger partial charge in [0, 0.05) is 24.0 Å². The molecule has 1 fully saturated rings. The minimum absolute atomic E-state index is 0.0790. The zero-order chi connectivity index (χ0) is 20.0. The normalized spacial score (nSPS) is 17.5. The second kappa shape index (κ2) is 6.56. The third-order valence-electron chi connectivity index (χ3n) is 4.94. The maximum absolute atomic E-state index is 13.0. The molecule has 1 aromatic heterocycles. The summed E-state index contributed by atoms with van der Waals surface area (Å²) in [6.07, 6.45) is 1.53. The Morgan fingerprint density at radius 3 is 2.57 bits per heavy atom. The van der Waals surface area contributed by atoms with Crippen LogP contribution in [0.2, 0.25) is 0 Å². The Balaban J connectivity index is 1.74. The maximum Gasteiger partial charge on any atom is 0.335 e. The summed E-state index contributed by atoms with van der Waals surface area (Å²) < 4.78 is 12.6. The molecule has 2 aliphatic rings. The molecule has 4 rings (SSSR count). The molecule has 2 aliphatic heterocycles. The van der Waals surface area contributed by atoms with E-state index in [0.29, 0.717) is 17.2 Å². The fraction of sp³-hybridized carbons (Fsp3) is 0.250. The second-order valence-corrected chi connectivity index (χ2v) is 6.57. The summed E-state index contributed by atoms with van der Waals surface area (Å²) in [6, 6.07) is 5.84. The summed E-state index contributed by atoms with van der Waals surface area (Å²) in [5.74, 6) is -0.429. The number of anilines is 1. The molecule has 28 heavy (non-hydrogen) atoms. The van der Waals surface area contributed by atoms with Crippen LogP contribution in [0.1, 0.15) is 23.9 Å². The third-order valence-corrected chi connectivity index (χ3v) is 4.94. The number of carbonyl (C=O) groups is 3. The fourth-order valence-electron chi connectivity index (χ4n) is 3.53. The molecule has 8 heteroatoms. The Labute approximate surface area is 161 Å². The number of nitrogens with one attached hydrogen (secondary N) is 1. The van der Waals surface area contributed by atoms with Crippen molar-refractivity contribution in [1.29, 1.82) is 0 Å². The highest BCUT2D eigenvalue weighted by molar-refractivity contribution is 6.39. The number of urea groups is 1. The van der Waals surface area contributed by atoms with E-state index in [9.17, 15) is 14.4 Å². The number of imide groups is 2. The Bertz CT molecular complexity index is 1050. The first-order chi connectivity index (χ1) is 13.4. The van der Waals surface area contributed by atoms with Gasteiger partial charge in [0.2, 0.25) is 6.79 Å². The first-order valence-corrected chi connectivity index (χ1v) is 8.88. The number of aromatic nitrogens is 1. The van der Waals surface area contributed by atoms with Crippen molar-refractivity contribution in [3.8, 4) is 11.5 Å². The van der Waals surface area contributed by atoms with Crippen LogP contribution in [-0.2, 0) is 16.1 Å². The predicted octanol–water partition coefficient (Wildman–Crippen LogP) is 2.52. The van der Waals surface area contributed by atoms with E-state index in [1.54, 1.807) is 12.1 Å². The van der Waals surface area contributed by atoms with Crippen molar-refractivity contribution in [3.63, 3.8) is 0 Å². The minimum Gasteiger partial charge on any atom is -0.454 e. The van der Waals surface area contributed by atoms with Crippen LogP contribution in [0.4, 0.5) is 10.5 Å². The van der Waals surface area contributed by atoms with Gasteiger partial charge in [-0.15, -0.1) is 0 Å². The zero-order valence-corrected chi connectivity index (χ0v) is 15.7. The molecule has 4 amide bonds. The lowest BCUT2D eigenvalue weighted by Crippen LogP contribution is -2.54. The first kappa shape index (κ1) is 17.8. The standard InChI is InChI=1S/C20H19N3O5/c1-4-22-11(2)7-13(12(22)3)8-15-18(24)21-20(26)23(19(15)25)14-5-6-16-17(9-14)28-10-27-16/h5-9H,4,10H2,1-3H3,(H,21,24,26)/b15-8+. The van der Waals surface area contributed by atoms with E-state index in [-0.39, 0.29) is 12.4 Å². The van der Waals surface area contributed by atoms with Gasteiger partial charge in [-0.2, -0.15) is 0 Å². The lowest BCUT2D eigenvalue weighted by Gasteiger charge is -2.26. The molecule has 144 valence electrons. The molecule has 0 bridgehead atoms. The van der Waals surface area contributed by atoms with Crippen LogP contribution in [0.3, 0.4) is 0 Å². The van der Waals surface area contributed by atoms with E-state index >= 15 is 0 Å². The van der Waals surface area contributed by atoms with Crippen LogP contribution in [-0.4, -0.2) is 29.2 Å². The lowest BCUT2D eigenvalue weighted by atomic mass is 10.1.